The average molecular weight is 628 g/mol. The maximum Gasteiger partial charge on any atom is 0.338 e. The van der Waals surface area contributed by atoms with E-state index in [1.54, 1.807) is 24.7 Å². The number of halogens is 1. The van der Waals surface area contributed by atoms with Crippen molar-refractivity contribution in [3.05, 3.63) is 94.6 Å². The number of carbonyl (C=O) groups excluding carboxylic acids is 1. The molecule has 1 aliphatic heterocycles. The number of benzene rings is 2. The minimum Gasteiger partial charge on any atom is -0.496 e. The SMILES string of the molecule is CCCC1=C(C(=O)OCC)[C@@H](c2c(OC)ccc3ccccc23)n2c(s/c(=C/c3ccc(I)o3)c2=O)=N1. The third-order valence-corrected chi connectivity index (χ3v) is 7.75. The molecule has 0 bridgehead atoms. The van der Waals surface area contributed by atoms with Crippen LogP contribution in [-0.2, 0) is 9.53 Å². The van der Waals surface area contributed by atoms with Crippen LogP contribution in [0.15, 0.2) is 74.0 Å². The lowest BCUT2D eigenvalue weighted by molar-refractivity contribution is -0.139. The molecule has 9 heteroatoms. The van der Waals surface area contributed by atoms with Gasteiger partial charge in [-0.3, -0.25) is 9.36 Å². The van der Waals surface area contributed by atoms with Crippen LogP contribution in [0.1, 0.15) is 44.1 Å². The third kappa shape index (κ3) is 4.66. The van der Waals surface area contributed by atoms with Gasteiger partial charge in [0, 0.05) is 11.6 Å². The Morgan fingerprint density at radius 3 is 2.70 bits per heavy atom. The standard InChI is InChI=1S/C28H25IN2O5S/c1-4-8-19-24(27(33)35-5-2)25(23-18-10-7-6-9-16(18)11-13-20(23)34-3)31-26(32)21(37-28(31)30-19)15-17-12-14-22(29)36-17/h6-7,9-15,25H,4-5,8H2,1-3H3/b21-15+/t25-/m1/s1. The number of aromatic nitrogens is 1. The van der Waals surface area contributed by atoms with Gasteiger partial charge in [-0.1, -0.05) is 55.0 Å². The second-order valence-corrected chi connectivity index (χ2v) is 10.5. The molecule has 2 aromatic carbocycles. The van der Waals surface area contributed by atoms with Crippen molar-refractivity contribution in [3.63, 3.8) is 0 Å². The summed E-state index contributed by atoms with van der Waals surface area (Å²) in [4.78, 5) is 32.8. The van der Waals surface area contributed by atoms with E-state index in [9.17, 15) is 9.59 Å². The number of fused-ring (bicyclic) bond motifs is 2. The summed E-state index contributed by atoms with van der Waals surface area (Å²) in [5.74, 6) is 0.676. The molecule has 0 N–H and O–H groups in total. The predicted molar refractivity (Wildman–Crippen MR) is 152 cm³/mol. The smallest absolute Gasteiger partial charge is 0.338 e. The average Bonchev–Trinajstić information content (AvgIpc) is 3.44. The second-order valence-electron chi connectivity index (χ2n) is 8.46. The van der Waals surface area contributed by atoms with E-state index in [1.807, 2.05) is 55.5 Å². The Balaban J connectivity index is 1.89. The molecule has 2 aromatic heterocycles. The van der Waals surface area contributed by atoms with Gasteiger partial charge in [-0.2, -0.15) is 0 Å². The third-order valence-electron chi connectivity index (χ3n) is 6.18. The highest BCUT2D eigenvalue weighted by atomic mass is 127. The van der Waals surface area contributed by atoms with Crippen molar-refractivity contribution in [1.82, 2.24) is 4.57 Å². The number of hydrogen-bond acceptors (Lipinski definition) is 7. The summed E-state index contributed by atoms with van der Waals surface area (Å²) in [6, 6.07) is 14.6. The molecule has 0 fully saturated rings. The van der Waals surface area contributed by atoms with Crippen LogP contribution in [-0.4, -0.2) is 24.3 Å². The number of carbonyl (C=O) groups is 1. The van der Waals surface area contributed by atoms with Gasteiger partial charge >= 0.3 is 5.97 Å². The number of rotatable bonds is 7. The first-order chi connectivity index (χ1) is 18.0. The van der Waals surface area contributed by atoms with Gasteiger partial charge in [-0.05, 0) is 64.9 Å². The summed E-state index contributed by atoms with van der Waals surface area (Å²) in [5.41, 5.74) is 1.46. The zero-order valence-corrected chi connectivity index (χ0v) is 23.6. The van der Waals surface area contributed by atoms with Gasteiger partial charge in [-0.15, -0.1) is 0 Å². The maximum atomic E-state index is 14.0. The number of methoxy groups -OCH3 is 1. The summed E-state index contributed by atoms with van der Waals surface area (Å²) < 4.78 is 19.8. The maximum absolute atomic E-state index is 14.0. The highest BCUT2D eigenvalue weighted by Crippen LogP contribution is 2.41. The van der Waals surface area contributed by atoms with Crippen LogP contribution >= 0.6 is 33.9 Å². The summed E-state index contributed by atoms with van der Waals surface area (Å²) in [7, 11) is 1.59. The molecule has 0 saturated heterocycles. The van der Waals surface area contributed by atoms with E-state index in [0.717, 1.165) is 26.5 Å². The Bertz CT molecular complexity index is 1710. The van der Waals surface area contributed by atoms with Crippen LogP contribution in [0, 0.1) is 3.77 Å². The van der Waals surface area contributed by atoms with Crippen LogP contribution in [0.4, 0.5) is 0 Å². The topological polar surface area (TPSA) is 83.0 Å². The Morgan fingerprint density at radius 1 is 1.19 bits per heavy atom. The van der Waals surface area contributed by atoms with E-state index < -0.39 is 12.0 Å². The lowest BCUT2D eigenvalue weighted by atomic mass is 9.90. The molecular formula is C28H25IN2O5S. The van der Waals surface area contributed by atoms with E-state index in [0.29, 0.717) is 38.5 Å². The van der Waals surface area contributed by atoms with Gasteiger partial charge in [0.2, 0.25) is 0 Å². The van der Waals surface area contributed by atoms with Gasteiger partial charge in [0.25, 0.3) is 5.56 Å². The molecule has 1 atom stereocenters. The van der Waals surface area contributed by atoms with Crippen molar-refractivity contribution in [2.24, 2.45) is 4.99 Å². The highest BCUT2D eigenvalue weighted by molar-refractivity contribution is 14.1. The van der Waals surface area contributed by atoms with Crippen LogP contribution < -0.4 is 19.6 Å². The molecule has 1 aliphatic rings. The Labute approximate surface area is 230 Å². The van der Waals surface area contributed by atoms with Crippen molar-refractivity contribution in [1.29, 1.82) is 0 Å². The summed E-state index contributed by atoms with van der Waals surface area (Å²) in [5, 5.41) is 1.87. The molecule has 4 aromatic rings. The minimum absolute atomic E-state index is 0.211. The Morgan fingerprint density at radius 2 is 2.00 bits per heavy atom. The van der Waals surface area contributed by atoms with E-state index in [-0.39, 0.29) is 12.2 Å². The first-order valence-corrected chi connectivity index (χ1v) is 13.9. The monoisotopic (exact) mass is 628 g/mol. The first kappa shape index (κ1) is 25.5. The van der Waals surface area contributed by atoms with Gasteiger partial charge < -0.3 is 13.9 Å². The van der Waals surface area contributed by atoms with Crippen molar-refractivity contribution in [3.8, 4) is 5.75 Å². The van der Waals surface area contributed by atoms with Gasteiger partial charge in [0.15, 0.2) is 8.57 Å². The number of hydrogen-bond donors (Lipinski definition) is 0. The van der Waals surface area contributed by atoms with Crippen molar-refractivity contribution in [2.75, 3.05) is 13.7 Å². The second kappa shape index (κ2) is 10.7. The van der Waals surface area contributed by atoms with Gasteiger partial charge in [0.1, 0.15) is 17.6 Å². The number of ether oxygens (including phenoxy) is 2. The number of thiazole rings is 1. The molecule has 0 unspecified atom stereocenters. The lowest BCUT2D eigenvalue weighted by Crippen LogP contribution is -2.40. The van der Waals surface area contributed by atoms with Crippen LogP contribution in [0.5, 0.6) is 5.75 Å². The quantitative estimate of drug-likeness (QED) is 0.214. The van der Waals surface area contributed by atoms with E-state index in [4.69, 9.17) is 18.9 Å². The fourth-order valence-electron chi connectivity index (χ4n) is 4.66. The Hall–Kier alpha value is -3.18. The minimum atomic E-state index is -0.767. The molecule has 0 aliphatic carbocycles. The first-order valence-electron chi connectivity index (χ1n) is 12.0. The van der Waals surface area contributed by atoms with Crippen molar-refractivity contribution in [2.45, 2.75) is 32.7 Å². The number of allylic oxidation sites excluding steroid dienone is 1. The molecule has 37 heavy (non-hydrogen) atoms. The normalized spacial score (nSPS) is 15.6. The van der Waals surface area contributed by atoms with Crippen LogP contribution in [0.2, 0.25) is 0 Å². The van der Waals surface area contributed by atoms with Crippen LogP contribution in [0.25, 0.3) is 16.8 Å². The fourth-order valence-corrected chi connectivity index (χ4v) is 6.10. The lowest BCUT2D eigenvalue weighted by Gasteiger charge is -2.28. The number of esters is 1. The highest BCUT2D eigenvalue weighted by Gasteiger charge is 2.37. The Kier molecular flexibility index (Phi) is 7.34. The molecule has 0 spiro atoms. The number of nitrogens with zero attached hydrogens (tertiary/aromatic N) is 2. The number of furan rings is 1. The molecule has 5 rings (SSSR count). The zero-order valence-electron chi connectivity index (χ0n) is 20.6. The summed E-state index contributed by atoms with van der Waals surface area (Å²) in [6.07, 6.45) is 3.07. The fraction of sp³-hybridized carbons (Fsp3) is 0.250. The summed E-state index contributed by atoms with van der Waals surface area (Å²) in [6.45, 7) is 4.01. The zero-order chi connectivity index (χ0) is 26.1. The van der Waals surface area contributed by atoms with Crippen LogP contribution in [0.3, 0.4) is 0 Å². The predicted octanol–water partition coefficient (Wildman–Crippen LogP) is 4.94. The molecule has 3 heterocycles. The molecule has 0 amide bonds. The van der Waals surface area contributed by atoms with E-state index in [1.165, 1.54) is 11.3 Å². The molecule has 0 saturated carbocycles. The largest absolute Gasteiger partial charge is 0.496 e. The van der Waals surface area contributed by atoms with E-state index in [2.05, 4.69) is 22.6 Å². The molecule has 7 nitrogen and oxygen atoms in total. The molecule has 190 valence electrons. The van der Waals surface area contributed by atoms with Gasteiger partial charge in [0.05, 0.1) is 29.5 Å². The summed E-state index contributed by atoms with van der Waals surface area (Å²) >= 11 is 3.37. The molecular weight excluding hydrogens is 603 g/mol. The van der Waals surface area contributed by atoms with Crippen molar-refractivity contribution < 1.29 is 18.7 Å². The molecule has 0 radical (unpaired) electrons. The van der Waals surface area contributed by atoms with Gasteiger partial charge in [-0.25, -0.2) is 9.79 Å². The van der Waals surface area contributed by atoms with Crippen molar-refractivity contribution >= 4 is 56.7 Å². The van der Waals surface area contributed by atoms with E-state index >= 15 is 0 Å².